The fourth-order valence-electron chi connectivity index (χ4n) is 4.12. The number of nitrogens with zero attached hydrogens (tertiary/aromatic N) is 2. The largest absolute Gasteiger partial charge is 0.383 e. The Labute approximate surface area is 172 Å². The third-order valence-corrected chi connectivity index (χ3v) is 5.80. The van der Waals surface area contributed by atoms with Crippen LogP contribution in [0.3, 0.4) is 0 Å². The van der Waals surface area contributed by atoms with Crippen molar-refractivity contribution < 1.29 is 19.1 Å². The van der Waals surface area contributed by atoms with Gasteiger partial charge in [-0.1, -0.05) is 17.7 Å². The van der Waals surface area contributed by atoms with Gasteiger partial charge in [0.1, 0.15) is 0 Å². The number of hydrogen-bond donors (Lipinski definition) is 1. The fourth-order valence-corrected chi connectivity index (χ4v) is 4.12. The van der Waals surface area contributed by atoms with Crippen LogP contribution < -0.4 is 10.2 Å². The molecule has 3 rings (SSSR count). The highest BCUT2D eigenvalue weighted by Crippen LogP contribution is 2.28. The van der Waals surface area contributed by atoms with Crippen LogP contribution in [0.25, 0.3) is 0 Å². The molecule has 0 unspecified atom stereocenters. The van der Waals surface area contributed by atoms with E-state index in [0.717, 1.165) is 11.3 Å². The second-order valence-electron chi connectivity index (χ2n) is 8.21. The molecule has 2 atom stereocenters. The van der Waals surface area contributed by atoms with Crippen molar-refractivity contribution in [3.8, 4) is 0 Å². The van der Waals surface area contributed by atoms with E-state index in [1.165, 1.54) is 0 Å². The van der Waals surface area contributed by atoms with Crippen molar-refractivity contribution in [2.24, 2.45) is 11.8 Å². The molecule has 2 heterocycles. The van der Waals surface area contributed by atoms with Gasteiger partial charge in [-0.15, -0.1) is 0 Å². The van der Waals surface area contributed by atoms with Gasteiger partial charge in [-0.2, -0.15) is 0 Å². The number of benzene rings is 1. The van der Waals surface area contributed by atoms with Crippen LogP contribution in [0.5, 0.6) is 0 Å². The minimum atomic E-state index is -0.309. The number of nitrogens with one attached hydrogen (secondary N) is 1. The van der Waals surface area contributed by atoms with E-state index in [-0.39, 0.29) is 42.0 Å². The van der Waals surface area contributed by atoms with Crippen molar-refractivity contribution in [2.75, 3.05) is 38.3 Å². The molecule has 2 fully saturated rings. The smallest absolute Gasteiger partial charge is 0.228 e. The Morgan fingerprint density at radius 3 is 2.45 bits per heavy atom. The first-order valence-corrected chi connectivity index (χ1v) is 10.3. The summed E-state index contributed by atoms with van der Waals surface area (Å²) in [7, 11) is 1.61. The van der Waals surface area contributed by atoms with E-state index in [1.807, 2.05) is 43.0 Å². The quantitative estimate of drug-likeness (QED) is 0.788. The molecule has 158 valence electrons. The first kappa shape index (κ1) is 21.3. The number of carbonyl (C=O) groups is 3. The molecule has 2 aliphatic heterocycles. The summed E-state index contributed by atoms with van der Waals surface area (Å²) in [5.41, 5.74) is 1.98. The summed E-state index contributed by atoms with van der Waals surface area (Å²) in [6, 6.07) is 7.77. The highest BCUT2D eigenvalue weighted by Gasteiger charge is 2.38. The molecular formula is C22H31N3O4. The maximum absolute atomic E-state index is 12.9. The van der Waals surface area contributed by atoms with Gasteiger partial charge in [0.05, 0.1) is 12.5 Å². The SMILES string of the molecule is COC[C@H](C)NC(=O)C1CCN(C(=O)[C@H]2CC(=O)N(c3ccc(C)cc3)C2)CC1. The molecule has 0 radical (unpaired) electrons. The van der Waals surface area contributed by atoms with Crippen LogP contribution in [0.1, 0.15) is 31.7 Å². The average Bonchev–Trinajstić information content (AvgIpc) is 3.10. The summed E-state index contributed by atoms with van der Waals surface area (Å²) in [6.45, 7) is 5.95. The molecule has 1 N–H and O–H groups in total. The predicted octanol–water partition coefficient (Wildman–Crippen LogP) is 1.74. The zero-order valence-corrected chi connectivity index (χ0v) is 17.5. The number of aryl methyl sites for hydroxylation is 1. The monoisotopic (exact) mass is 401 g/mol. The number of rotatable bonds is 6. The van der Waals surface area contributed by atoms with Crippen LogP contribution in [0.2, 0.25) is 0 Å². The fraction of sp³-hybridized carbons (Fsp3) is 0.591. The number of anilines is 1. The van der Waals surface area contributed by atoms with Gasteiger partial charge < -0.3 is 19.9 Å². The van der Waals surface area contributed by atoms with Gasteiger partial charge in [-0.3, -0.25) is 14.4 Å². The van der Waals surface area contributed by atoms with Gasteiger partial charge in [0.25, 0.3) is 0 Å². The molecule has 0 aliphatic carbocycles. The van der Waals surface area contributed by atoms with Crippen molar-refractivity contribution in [1.82, 2.24) is 10.2 Å². The summed E-state index contributed by atoms with van der Waals surface area (Å²) < 4.78 is 5.05. The molecular weight excluding hydrogens is 370 g/mol. The van der Waals surface area contributed by atoms with Crippen LogP contribution in [-0.2, 0) is 19.1 Å². The van der Waals surface area contributed by atoms with Crippen LogP contribution in [0.4, 0.5) is 5.69 Å². The number of amides is 3. The van der Waals surface area contributed by atoms with Crippen molar-refractivity contribution in [1.29, 1.82) is 0 Å². The molecule has 7 heteroatoms. The predicted molar refractivity (Wildman–Crippen MR) is 110 cm³/mol. The highest BCUT2D eigenvalue weighted by molar-refractivity contribution is 6.00. The summed E-state index contributed by atoms with van der Waals surface area (Å²) in [5, 5.41) is 2.96. The molecule has 0 aromatic heterocycles. The van der Waals surface area contributed by atoms with Gasteiger partial charge >= 0.3 is 0 Å². The van der Waals surface area contributed by atoms with Crippen molar-refractivity contribution in [3.63, 3.8) is 0 Å². The first-order valence-electron chi connectivity index (χ1n) is 10.3. The minimum absolute atomic E-state index is 0.00593. The lowest BCUT2D eigenvalue weighted by molar-refractivity contribution is -0.139. The number of methoxy groups -OCH3 is 1. The van der Waals surface area contributed by atoms with E-state index in [2.05, 4.69) is 5.32 Å². The van der Waals surface area contributed by atoms with E-state index in [4.69, 9.17) is 4.74 Å². The van der Waals surface area contributed by atoms with Crippen molar-refractivity contribution >= 4 is 23.4 Å². The standard InChI is InChI=1S/C22H31N3O4/c1-15-4-6-19(7-5-15)25-13-18(12-20(25)26)22(28)24-10-8-17(9-11-24)21(27)23-16(2)14-29-3/h4-7,16-18H,8-14H2,1-3H3,(H,23,27)/t16-,18-/m0/s1. The lowest BCUT2D eigenvalue weighted by Gasteiger charge is -2.33. The van der Waals surface area contributed by atoms with E-state index in [1.54, 1.807) is 12.0 Å². The molecule has 0 saturated carbocycles. The third-order valence-electron chi connectivity index (χ3n) is 5.80. The Hall–Kier alpha value is -2.41. The molecule has 7 nitrogen and oxygen atoms in total. The normalized spacial score (nSPS) is 21.3. The second kappa shape index (κ2) is 9.39. The van der Waals surface area contributed by atoms with Gasteiger partial charge in [0, 0.05) is 50.8 Å². The lowest BCUT2D eigenvalue weighted by Crippen LogP contribution is -2.47. The molecule has 1 aromatic rings. The van der Waals surface area contributed by atoms with Crippen LogP contribution >= 0.6 is 0 Å². The number of hydrogen-bond acceptors (Lipinski definition) is 4. The molecule has 2 aliphatic rings. The van der Waals surface area contributed by atoms with Crippen LogP contribution in [0, 0.1) is 18.8 Å². The molecule has 0 spiro atoms. The van der Waals surface area contributed by atoms with Gasteiger partial charge in [0.2, 0.25) is 17.7 Å². The Morgan fingerprint density at radius 1 is 1.17 bits per heavy atom. The first-order chi connectivity index (χ1) is 13.9. The molecule has 29 heavy (non-hydrogen) atoms. The van der Waals surface area contributed by atoms with Crippen LogP contribution in [0.15, 0.2) is 24.3 Å². The molecule has 0 bridgehead atoms. The van der Waals surface area contributed by atoms with E-state index < -0.39 is 0 Å². The number of ether oxygens (including phenoxy) is 1. The Bertz CT molecular complexity index is 741. The van der Waals surface area contributed by atoms with Gasteiger partial charge in [-0.05, 0) is 38.8 Å². The zero-order chi connectivity index (χ0) is 21.0. The van der Waals surface area contributed by atoms with Crippen molar-refractivity contribution in [3.05, 3.63) is 29.8 Å². The highest BCUT2D eigenvalue weighted by atomic mass is 16.5. The second-order valence-corrected chi connectivity index (χ2v) is 8.21. The lowest BCUT2D eigenvalue weighted by atomic mass is 9.94. The van der Waals surface area contributed by atoms with Crippen molar-refractivity contribution in [2.45, 2.75) is 39.2 Å². The summed E-state index contributed by atoms with van der Waals surface area (Å²) in [6.07, 6.45) is 1.56. The maximum atomic E-state index is 12.9. The topological polar surface area (TPSA) is 79.0 Å². The molecule has 3 amide bonds. The minimum Gasteiger partial charge on any atom is -0.383 e. The molecule has 1 aromatic carbocycles. The maximum Gasteiger partial charge on any atom is 0.228 e. The van der Waals surface area contributed by atoms with Gasteiger partial charge in [0.15, 0.2) is 0 Å². The summed E-state index contributed by atoms with van der Waals surface area (Å²) in [5.74, 6) is -0.333. The van der Waals surface area contributed by atoms with E-state index >= 15 is 0 Å². The molecule has 2 saturated heterocycles. The number of piperidine rings is 1. The Kier molecular flexibility index (Phi) is 6.90. The van der Waals surface area contributed by atoms with E-state index in [0.29, 0.717) is 39.1 Å². The van der Waals surface area contributed by atoms with Gasteiger partial charge in [-0.25, -0.2) is 0 Å². The zero-order valence-electron chi connectivity index (χ0n) is 17.5. The average molecular weight is 402 g/mol. The number of carbonyl (C=O) groups excluding carboxylic acids is 3. The summed E-state index contributed by atoms with van der Waals surface area (Å²) in [4.78, 5) is 41.3. The Balaban J connectivity index is 1.51. The van der Waals surface area contributed by atoms with Crippen LogP contribution in [-0.4, -0.2) is 62.0 Å². The third kappa shape index (κ3) is 5.15. The Morgan fingerprint density at radius 2 is 1.83 bits per heavy atom. The number of likely N-dealkylation sites (tertiary alicyclic amines) is 1. The summed E-state index contributed by atoms with van der Waals surface area (Å²) >= 11 is 0. The van der Waals surface area contributed by atoms with E-state index in [9.17, 15) is 14.4 Å².